The summed E-state index contributed by atoms with van der Waals surface area (Å²) in [4.78, 5) is 13.8. The molecule has 3 aliphatic rings. The molecular formula is C12H18F2N2O. The second-order valence-electron chi connectivity index (χ2n) is 5.56. The van der Waals surface area contributed by atoms with E-state index in [0.717, 1.165) is 19.4 Å². The van der Waals surface area contributed by atoms with Crippen LogP contribution < -0.4 is 5.32 Å². The summed E-state index contributed by atoms with van der Waals surface area (Å²) in [5.41, 5.74) is 0. The molecule has 2 saturated heterocycles. The second kappa shape index (κ2) is 3.90. The van der Waals surface area contributed by atoms with E-state index in [1.807, 2.05) is 0 Å². The van der Waals surface area contributed by atoms with E-state index >= 15 is 0 Å². The van der Waals surface area contributed by atoms with Gasteiger partial charge in [0.05, 0.1) is 6.04 Å². The van der Waals surface area contributed by atoms with Crippen LogP contribution in [0.2, 0.25) is 0 Å². The first-order valence-electron chi connectivity index (χ1n) is 6.48. The third-order valence-corrected chi connectivity index (χ3v) is 4.50. The molecule has 5 heteroatoms. The summed E-state index contributed by atoms with van der Waals surface area (Å²) in [6, 6.07) is -0.123. The van der Waals surface area contributed by atoms with Gasteiger partial charge in [0.15, 0.2) is 0 Å². The minimum atomic E-state index is -2.55. The summed E-state index contributed by atoms with van der Waals surface area (Å²) in [6.45, 7) is 1.67. The average Bonchev–Trinajstić information content (AvgIpc) is 2.97. The molecule has 1 saturated carbocycles. The lowest BCUT2D eigenvalue weighted by atomic mass is 9.99. The van der Waals surface area contributed by atoms with Crippen LogP contribution in [0.15, 0.2) is 0 Å². The number of rotatable bonds is 1. The molecule has 2 aliphatic heterocycles. The molecule has 96 valence electrons. The number of amides is 1. The average molecular weight is 244 g/mol. The normalized spacial score (nSPS) is 39.6. The Kier molecular flexibility index (Phi) is 2.61. The van der Waals surface area contributed by atoms with Gasteiger partial charge >= 0.3 is 0 Å². The minimum Gasteiger partial charge on any atom is -0.341 e. The molecule has 1 N–H and O–H groups in total. The van der Waals surface area contributed by atoms with Crippen molar-refractivity contribution in [3.63, 3.8) is 0 Å². The molecule has 0 bridgehead atoms. The third-order valence-electron chi connectivity index (χ3n) is 4.50. The van der Waals surface area contributed by atoms with Crippen molar-refractivity contribution in [2.45, 2.75) is 37.6 Å². The Hall–Kier alpha value is -0.710. The van der Waals surface area contributed by atoms with Crippen molar-refractivity contribution in [2.75, 3.05) is 19.6 Å². The van der Waals surface area contributed by atoms with Crippen LogP contribution in [0, 0.1) is 11.8 Å². The Morgan fingerprint density at radius 1 is 1.29 bits per heavy atom. The molecule has 3 rings (SSSR count). The van der Waals surface area contributed by atoms with E-state index in [2.05, 4.69) is 5.32 Å². The molecule has 0 aromatic carbocycles. The van der Waals surface area contributed by atoms with Crippen LogP contribution in [-0.4, -0.2) is 42.4 Å². The summed E-state index contributed by atoms with van der Waals surface area (Å²) >= 11 is 0. The van der Waals surface area contributed by atoms with Crippen LogP contribution in [0.5, 0.6) is 0 Å². The van der Waals surface area contributed by atoms with Gasteiger partial charge in [-0.25, -0.2) is 8.78 Å². The SMILES string of the molecule is O=C([C@@H]1CCCN1)N1C[C@H]2CCC(F)(F)[C@H]2C1. The first kappa shape index (κ1) is 11.4. The van der Waals surface area contributed by atoms with Crippen molar-refractivity contribution in [2.24, 2.45) is 11.8 Å². The van der Waals surface area contributed by atoms with E-state index in [1.165, 1.54) is 0 Å². The molecule has 0 aromatic heterocycles. The maximum atomic E-state index is 13.6. The second-order valence-corrected chi connectivity index (χ2v) is 5.56. The first-order chi connectivity index (χ1) is 8.08. The van der Waals surface area contributed by atoms with Gasteiger partial charge in [0, 0.05) is 25.4 Å². The van der Waals surface area contributed by atoms with Crippen LogP contribution in [0.25, 0.3) is 0 Å². The number of hydrogen-bond donors (Lipinski definition) is 1. The van der Waals surface area contributed by atoms with Crippen LogP contribution in [0.1, 0.15) is 25.7 Å². The highest BCUT2D eigenvalue weighted by molar-refractivity contribution is 5.82. The third kappa shape index (κ3) is 1.84. The highest BCUT2D eigenvalue weighted by atomic mass is 19.3. The Labute approximate surface area is 99.5 Å². The van der Waals surface area contributed by atoms with Gasteiger partial charge in [-0.05, 0) is 31.7 Å². The molecule has 0 radical (unpaired) electrons. The van der Waals surface area contributed by atoms with E-state index < -0.39 is 11.8 Å². The maximum Gasteiger partial charge on any atom is 0.252 e. The number of likely N-dealkylation sites (tertiary alicyclic amines) is 1. The van der Waals surface area contributed by atoms with E-state index in [-0.39, 0.29) is 30.8 Å². The molecule has 2 heterocycles. The molecule has 1 amide bonds. The van der Waals surface area contributed by atoms with E-state index in [4.69, 9.17) is 0 Å². The zero-order valence-corrected chi connectivity index (χ0v) is 9.79. The van der Waals surface area contributed by atoms with E-state index in [1.54, 1.807) is 4.90 Å². The lowest BCUT2D eigenvalue weighted by molar-refractivity contribution is -0.133. The molecule has 3 nitrogen and oxygen atoms in total. The van der Waals surface area contributed by atoms with Crippen molar-refractivity contribution >= 4 is 5.91 Å². The summed E-state index contributed by atoms with van der Waals surface area (Å²) in [7, 11) is 0. The number of carbonyl (C=O) groups is 1. The van der Waals surface area contributed by atoms with Crippen molar-refractivity contribution in [1.82, 2.24) is 10.2 Å². The fraction of sp³-hybridized carbons (Fsp3) is 0.917. The monoisotopic (exact) mass is 244 g/mol. The number of fused-ring (bicyclic) bond motifs is 1. The summed E-state index contributed by atoms with van der Waals surface area (Å²) in [5, 5.41) is 3.14. The van der Waals surface area contributed by atoms with Crippen LogP contribution in [-0.2, 0) is 4.79 Å². The van der Waals surface area contributed by atoms with Crippen LogP contribution in [0.3, 0.4) is 0 Å². The topological polar surface area (TPSA) is 32.3 Å². The lowest BCUT2D eigenvalue weighted by Crippen LogP contribution is -2.43. The van der Waals surface area contributed by atoms with Gasteiger partial charge in [-0.15, -0.1) is 0 Å². The predicted molar refractivity (Wildman–Crippen MR) is 58.8 cm³/mol. The summed E-state index contributed by atoms with van der Waals surface area (Å²) < 4.78 is 27.1. The van der Waals surface area contributed by atoms with Crippen LogP contribution in [0.4, 0.5) is 8.78 Å². The van der Waals surface area contributed by atoms with Crippen molar-refractivity contribution in [3.05, 3.63) is 0 Å². The van der Waals surface area contributed by atoms with Gasteiger partial charge in [0.2, 0.25) is 5.91 Å². The van der Waals surface area contributed by atoms with Crippen molar-refractivity contribution in [1.29, 1.82) is 0 Å². The van der Waals surface area contributed by atoms with Gasteiger partial charge in [0.1, 0.15) is 0 Å². The first-order valence-corrected chi connectivity index (χ1v) is 6.48. The van der Waals surface area contributed by atoms with Crippen LogP contribution >= 0.6 is 0 Å². The van der Waals surface area contributed by atoms with Gasteiger partial charge in [0.25, 0.3) is 5.92 Å². The van der Waals surface area contributed by atoms with Gasteiger partial charge in [-0.2, -0.15) is 0 Å². The Morgan fingerprint density at radius 2 is 2.12 bits per heavy atom. The Morgan fingerprint density at radius 3 is 2.76 bits per heavy atom. The maximum absolute atomic E-state index is 13.6. The Balaban J connectivity index is 1.66. The fourth-order valence-electron chi connectivity index (χ4n) is 3.50. The van der Waals surface area contributed by atoms with E-state index in [9.17, 15) is 13.6 Å². The Bertz CT molecular complexity index is 328. The zero-order valence-electron chi connectivity index (χ0n) is 9.79. The molecule has 0 spiro atoms. The molecule has 1 aliphatic carbocycles. The number of alkyl halides is 2. The number of nitrogens with one attached hydrogen (secondary N) is 1. The molecule has 17 heavy (non-hydrogen) atoms. The fourth-order valence-corrected chi connectivity index (χ4v) is 3.50. The molecular weight excluding hydrogens is 226 g/mol. The predicted octanol–water partition coefficient (Wildman–Crippen LogP) is 1.24. The van der Waals surface area contributed by atoms with Crippen molar-refractivity contribution < 1.29 is 13.6 Å². The number of hydrogen-bond acceptors (Lipinski definition) is 2. The zero-order chi connectivity index (χ0) is 12.0. The standard InChI is InChI=1S/C12H18F2N2O/c13-12(14)4-3-8-6-16(7-9(8)12)11(17)10-2-1-5-15-10/h8-10,15H,1-7H2/t8-,9+,10+/m1/s1. The highest BCUT2D eigenvalue weighted by Crippen LogP contribution is 2.48. The van der Waals surface area contributed by atoms with Gasteiger partial charge < -0.3 is 10.2 Å². The quantitative estimate of drug-likeness (QED) is 0.752. The highest BCUT2D eigenvalue weighted by Gasteiger charge is 2.55. The minimum absolute atomic E-state index is 0.00599. The molecule has 0 aromatic rings. The summed E-state index contributed by atoms with van der Waals surface area (Å²) in [5.74, 6) is -3.08. The van der Waals surface area contributed by atoms with Crippen molar-refractivity contribution in [3.8, 4) is 0 Å². The summed E-state index contributed by atoms with van der Waals surface area (Å²) in [6.07, 6.45) is 2.43. The number of carbonyl (C=O) groups excluding carboxylic acids is 1. The number of halogens is 2. The van der Waals surface area contributed by atoms with Gasteiger partial charge in [-0.1, -0.05) is 0 Å². The molecule has 3 atom stereocenters. The van der Waals surface area contributed by atoms with E-state index in [0.29, 0.717) is 13.0 Å². The molecule has 3 fully saturated rings. The van der Waals surface area contributed by atoms with Gasteiger partial charge in [-0.3, -0.25) is 4.79 Å². The lowest BCUT2D eigenvalue weighted by Gasteiger charge is -2.23. The number of nitrogens with zero attached hydrogens (tertiary/aromatic N) is 1. The smallest absolute Gasteiger partial charge is 0.252 e. The molecule has 0 unspecified atom stereocenters. The largest absolute Gasteiger partial charge is 0.341 e.